The van der Waals surface area contributed by atoms with Crippen molar-refractivity contribution in [3.8, 4) is 5.75 Å². The maximum atomic E-state index is 12.9. The molecule has 0 aliphatic carbocycles. The fourth-order valence-electron chi connectivity index (χ4n) is 1.68. The highest BCUT2D eigenvalue weighted by atomic mass is 35.5. The van der Waals surface area contributed by atoms with Crippen LogP contribution in [0.25, 0.3) is 0 Å². The molecule has 0 saturated heterocycles. The molecule has 6 heteroatoms. The maximum Gasteiger partial charge on any atom is 0.259 e. The van der Waals surface area contributed by atoms with Gasteiger partial charge in [0.2, 0.25) is 0 Å². The maximum absolute atomic E-state index is 12.9. The lowest BCUT2D eigenvalue weighted by Crippen LogP contribution is -2.14. The molecule has 3 N–H and O–H groups in total. The number of nitrogens with one attached hydrogen (secondary N) is 1. The fraction of sp³-hybridized carbons (Fsp3) is 0.0714. The van der Waals surface area contributed by atoms with Gasteiger partial charge in [0.05, 0.1) is 23.4 Å². The molecule has 0 saturated carbocycles. The number of benzene rings is 2. The van der Waals surface area contributed by atoms with E-state index in [2.05, 4.69) is 5.32 Å². The van der Waals surface area contributed by atoms with Gasteiger partial charge in [-0.1, -0.05) is 11.6 Å². The summed E-state index contributed by atoms with van der Waals surface area (Å²) in [5.41, 5.74) is 6.66. The lowest BCUT2D eigenvalue weighted by atomic mass is 10.1. The summed E-state index contributed by atoms with van der Waals surface area (Å²) >= 11 is 5.86. The summed E-state index contributed by atoms with van der Waals surface area (Å²) in [6.45, 7) is 0. The molecule has 0 unspecified atom stereocenters. The van der Waals surface area contributed by atoms with Crippen molar-refractivity contribution >= 4 is 28.9 Å². The van der Waals surface area contributed by atoms with E-state index in [9.17, 15) is 9.18 Å². The molecule has 1 amide bonds. The number of hydrogen-bond acceptors (Lipinski definition) is 3. The number of carbonyl (C=O) groups is 1. The molecule has 0 heterocycles. The minimum absolute atomic E-state index is 0.112. The van der Waals surface area contributed by atoms with Crippen LogP contribution in [-0.2, 0) is 0 Å². The molecule has 0 spiro atoms. The van der Waals surface area contributed by atoms with Gasteiger partial charge >= 0.3 is 0 Å². The van der Waals surface area contributed by atoms with Gasteiger partial charge in [-0.3, -0.25) is 4.79 Å². The molecule has 0 radical (unpaired) electrons. The van der Waals surface area contributed by atoms with Gasteiger partial charge in [0, 0.05) is 5.69 Å². The number of carbonyl (C=O) groups excluding carboxylic acids is 1. The highest BCUT2D eigenvalue weighted by Gasteiger charge is 2.14. The standard InChI is InChI=1S/C14H12ClFN2O2/c1-20-13-5-3-9(17)7-10(13)14(19)18-12-4-2-8(16)6-11(12)15/h2-7H,17H2,1H3,(H,18,19). The number of methoxy groups -OCH3 is 1. The summed E-state index contributed by atoms with van der Waals surface area (Å²) in [4.78, 5) is 12.2. The van der Waals surface area contributed by atoms with Crippen molar-refractivity contribution in [2.75, 3.05) is 18.2 Å². The molecule has 0 aliphatic rings. The summed E-state index contributed by atoms with van der Waals surface area (Å²) in [7, 11) is 1.45. The SMILES string of the molecule is COc1ccc(N)cc1C(=O)Nc1ccc(F)cc1Cl. The normalized spacial score (nSPS) is 10.2. The minimum Gasteiger partial charge on any atom is -0.496 e. The van der Waals surface area contributed by atoms with Crippen LogP contribution in [0.2, 0.25) is 5.02 Å². The zero-order valence-corrected chi connectivity index (χ0v) is 11.4. The first-order chi connectivity index (χ1) is 9.51. The van der Waals surface area contributed by atoms with Gasteiger partial charge in [-0.2, -0.15) is 0 Å². The second-order valence-corrected chi connectivity index (χ2v) is 4.45. The molecule has 2 aromatic carbocycles. The van der Waals surface area contributed by atoms with Crippen LogP contribution in [0.3, 0.4) is 0 Å². The fourth-order valence-corrected chi connectivity index (χ4v) is 1.90. The number of halogens is 2. The number of ether oxygens (including phenoxy) is 1. The highest BCUT2D eigenvalue weighted by molar-refractivity contribution is 6.34. The Labute approximate surface area is 120 Å². The zero-order chi connectivity index (χ0) is 14.7. The van der Waals surface area contributed by atoms with Crippen molar-refractivity contribution in [2.45, 2.75) is 0 Å². The lowest BCUT2D eigenvalue weighted by molar-refractivity contribution is 0.102. The Morgan fingerprint density at radius 2 is 2.05 bits per heavy atom. The van der Waals surface area contributed by atoms with Crippen molar-refractivity contribution < 1.29 is 13.9 Å². The van der Waals surface area contributed by atoms with Gasteiger partial charge in [0.1, 0.15) is 11.6 Å². The van der Waals surface area contributed by atoms with Crippen molar-refractivity contribution in [3.05, 3.63) is 52.8 Å². The Balaban J connectivity index is 2.30. The van der Waals surface area contributed by atoms with Crippen molar-refractivity contribution in [2.24, 2.45) is 0 Å². The van der Waals surface area contributed by atoms with Crippen LogP contribution >= 0.6 is 11.6 Å². The van der Waals surface area contributed by atoms with Crippen LogP contribution in [0.15, 0.2) is 36.4 Å². The topological polar surface area (TPSA) is 64.3 Å². The van der Waals surface area contributed by atoms with Crippen LogP contribution in [0.1, 0.15) is 10.4 Å². The van der Waals surface area contributed by atoms with E-state index in [1.54, 1.807) is 12.1 Å². The van der Waals surface area contributed by atoms with Gasteiger partial charge in [0.15, 0.2) is 0 Å². The first-order valence-electron chi connectivity index (χ1n) is 5.71. The molecule has 2 aromatic rings. The van der Waals surface area contributed by atoms with Crippen LogP contribution in [0.5, 0.6) is 5.75 Å². The smallest absolute Gasteiger partial charge is 0.259 e. The Morgan fingerprint density at radius 3 is 2.70 bits per heavy atom. The quantitative estimate of drug-likeness (QED) is 0.854. The largest absolute Gasteiger partial charge is 0.496 e. The molecule has 0 aliphatic heterocycles. The summed E-state index contributed by atoms with van der Waals surface area (Å²) in [6.07, 6.45) is 0. The van der Waals surface area contributed by atoms with E-state index >= 15 is 0 Å². The molecular formula is C14H12ClFN2O2. The Bertz CT molecular complexity index is 662. The highest BCUT2D eigenvalue weighted by Crippen LogP contribution is 2.26. The van der Waals surface area contributed by atoms with E-state index in [4.69, 9.17) is 22.1 Å². The van der Waals surface area contributed by atoms with Crippen LogP contribution < -0.4 is 15.8 Å². The second kappa shape index (κ2) is 5.79. The molecule has 0 atom stereocenters. The third-order valence-corrected chi connectivity index (χ3v) is 2.96. The number of anilines is 2. The number of nitrogen functional groups attached to an aromatic ring is 1. The lowest BCUT2D eigenvalue weighted by Gasteiger charge is -2.11. The third-order valence-electron chi connectivity index (χ3n) is 2.65. The van der Waals surface area contributed by atoms with E-state index in [0.717, 1.165) is 6.07 Å². The van der Waals surface area contributed by atoms with E-state index < -0.39 is 11.7 Å². The summed E-state index contributed by atoms with van der Waals surface area (Å²) in [5.74, 6) is -0.535. The van der Waals surface area contributed by atoms with Crippen LogP contribution in [0, 0.1) is 5.82 Å². The average Bonchev–Trinajstić information content (AvgIpc) is 2.41. The van der Waals surface area contributed by atoms with Crippen LogP contribution in [-0.4, -0.2) is 13.0 Å². The predicted octanol–water partition coefficient (Wildman–Crippen LogP) is 3.32. The molecule has 104 valence electrons. The van der Waals surface area contributed by atoms with Crippen LogP contribution in [0.4, 0.5) is 15.8 Å². The van der Waals surface area contributed by atoms with Gasteiger partial charge in [-0.25, -0.2) is 4.39 Å². The molecule has 0 fully saturated rings. The first kappa shape index (κ1) is 14.1. The number of amides is 1. The van der Waals surface area contributed by atoms with Crippen molar-refractivity contribution in [1.29, 1.82) is 0 Å². The Kier molecular flexibility index (Phi) is 4.10. The molecule has 0 bridgehead atoms. The van der Waals surface area contributed by atoms with E-state index in [1.807, 2.05) is 0 Å². The predicted molar refractivity (Wildman–Crippen MR) is 76.8 cm³/mol. The second-order valence-electron chi connectivity index (χ2n) is 4.04. The number of nitrogens with two attached hydrogens (primary N) is 1. The number of rotatable bonds is 3. The zero-order valence-electron chi connectivity index (χ0n) is 10.6. The van der Waals surface area contributed by atoms with E-state index in [-0.39, 0.29) is 10.6 Å². The van der Waals surface area contributed by atoms with Gasteiger partial charge in [-0.15, -0.1) is 0 Å². The van der Waals surface area contributed by atoms with Crippen molar-refractivity contribution in [1.82, 2.24) is 0 Å². The van der Waals surface area contributed by atoms with Gasteiger partial charge < -0.3 is 15.8 Å². The number of hydrogen-bond donors (Lipinski definition) is 2. The Morgan fingerprint density at radius 1 is 1.30 bits per heavy atom. The van der Waals surface area contributed by atoms with Gasteiger partial charge in [-0.05, 0) is 36.4 Å². The molecule has 20 heavy (non-hydrogen) atoms. The molecule has 4 nitrogen and oxygen atoms in total. The summed E-state index contributed by atoms with van der Waals surface area (Å²) in [6, 6.07) is 8.42. The monoisotopic (exact) mass is 294 g/mol. The summed E-state index contributed by atoms with van der Waals surface area (Å²) in [5, 5.41) is 2.69. The Hall–Kier alpha value is -2.27. The van der Waals surface area contributed by atoms with E-state index in [1.165, 1.54) is 25.3 Å². The van der Waals surface area contributed by atoms with E-state index in [0.29, 0.717) is 17.1 Å². The third kappa shape index (κ3) is 3.00. The first-order valence-corrected chi connectivity index (χ1v) is 6.09. The average molecular weight is 295 g/mol. The van der Waals surface area contributed by atoms with Gasteiger partial charge in [0.25, 0.3) is 5.91 Å². The molecule has 0 aromatic heterocycles. The minimum atomic E-state index is -0.477. The van der Waals surface area contributed by atoms with Crippen molar-refractivity contribution in [3.63, 3.8) is 0 Å². The molecule has 2 rings (SSSR count). The molecular weight excluding hydrogens is 283 g/mol. The summed E-state index contributed by atoms with van der Waals surface area (Å²) < 4.78 is 18.0.